The molecule has 0 fully saturated rings. The third-order valence-electron chi connectivity index (χ3n) is 3.22. The maximum absolute atomic E-state index is 12.5. The van der Waals surface area contributed by atoms with Gasteiger partial charge in [-0.05, 0) is 32.9 Å². The van der Waals surface area contributed by atoms with Crippen molar-refractivity contribution < 1.29 is 14.7 Å². The second kappa shape index (κ2) is 7.01. The minimum absolute atomic E-state index is 0.226. The highest BCUT2D eigenvalue weighted by molar-refractivity contribution is 6.16. The quantitative estimate of drug-likeness (QED) is 0.370. The number of ketones is 1. The number of nitrogens with two attached hydrogens (primary N) is 1. The van der Waals surface area contributed by atoms with Gasteiger partial charge in [-0.15, -0.1) is 0 Å². The predicted molar refractivity (Wildman–Crippen MR) is 73.1 cm³/mol. The van der Waals surface area contributed by atoms with E-state index in [-0.39, 0.29) is 6.42 Å². The van der Waals surface area contributed by atoms with Gasteiger partial charge in [0.15, 0.2) is 11.3 Å². The predicted octanol–water partition coefficient (Wildman–Crippen LogP) is 1.04. The van der Waals surface area contributed by atoms with Gasteiger partial charge in [-0.2, -0.15) is 0 Å². The van der Waals surface area contributed by atoms with Crippen molar-refractivity contribution in [2.45, 2.75) is 24.8 Å². The van der Waals surface area contributed by atoms with Gasteiger partial charge in [0.2, 0.25) is 0 Å². The van der Waals surface area contributed by atoms with Crippen molar-refractivity contribution in [2.75, 3.05) is 13.6 Å². The maximum Gasteiger partial charge on any atom is 0.332 e. The summed E-state index contributed by atoms with van der Waals surface area (Å²) in [5, 5.41) is 12.1. The van der Waals surface area contributed by atoms with Crippen LogP contribution < -0.4 is 11.1 Å². The summed E-state index contributed by atoms with van der Waals surface area (Å²) in [6.45, 7) is 0.485. The van der Waals surface area contributed by atoms with Gasteiger partial charge >= 0.3 is 5.97 Å². The van der Waals surface area contributed by atoms with Crippen molar-refractivity contribution in [1.29, 1.82) is 0 Å². The van der Waals surface area contributed by atoms with Gasteiger partial charge in [0.1, 0.15) is 0 Å². The summed E-state index contributed by atoms with van der Waals surface area (Å²) in [5.74, 6) is -1.57. The molecule has 0 heterocycles. The van der Waals surface area contributed by atoms with Crippen LogP contribution >= 0.6 is 0 Å². The van der Waals surface area contributed by atoms with E-state index in [2.05, 4.69) is 5.32 Å². The van der Waals surface area contributed by atoms with Crippen LogP contribution in [0.2, 0.25) is 0 Å². The van der Waals surface area contributed by atoms with Gasteiger partial charge in [0.05, 0.1) is 0 Å². The highest BCUT2D eigenvalue weighted by Crippen LogP contribution is 2.20. The summed E-state index contributed by atoms with van der Waals surface area (Å²) in [6, 6.07) is 8.47. The zero-order chi connectivity index (χ0) is 14.3. The summed E-state index contributed by atoms with van der Waals surface area (Å²) >= 11 is 0. The van der Waals surface area contributed by atoms with Crippen LogP contribution in [0.15, 0.2) is 30.3 Å². The van der Waals surface area contributed by atoms with Crippen LogP contribution in [0.1, 0.15) is 29.6 Å². The van der Waals surface area contributed by atoms with Crippen molar-refractivity contribution in [2.24, 2.45) is 5.73 Å². The van der Waals surface area contributed by atoms with E-state index in [1.54, 1.807) is 30.3 Å². The molecule has 1 aromatic rings. The molecule has 0 unspecified atom stereocenters. The average molecular weight is 264 g/mol. The monoisotopic (exact) mass is 264 g/mol. The number of carboxylic acids is 1. The Hall–Kier alpha value is -1.72. The number of carbonyl (C=O) groups excluding carboxylic acids is 1. The smallest absolute Gasteiger partial charge is 0.332 e. The molecule has 1 atom stereocenters. The Bertz CT molecular complexity index is 434. The van der Waals surface area contributed by atoms with Crippen LogP contribution in [0.25, 0.3) is 0 Å². The fourth-order valence-corrected chi connectivity index (χ4v) is 2.03. The van der Waals surface area contributed by atoms with E-state index >= 15 is 0 Å². The van der Waals surface area contributed by atoms with E-state index < -0.39 is 17.3 Å². The Morgan fingerprint density at radius 1 is 1.26 bits per heavy atom. The summed E-state index contributed by atoms with van der Waals surface area (Å²) in [4.78, 5) is 24.0. The summed E-state index contributed by atoms with van der Waals surface area (Å²) in [5.41, 5.74) is 4.23. The van der Waals surface area contributed by atoms with Crippen LogP contribution in [-0.4, -0.2) is 36.0 Å². The molecule has 0 aliphatic carbocycles. The molecule has 0 aromatic heterocycles. The van der Waals surface area contributed by atoms with E-state index in [0.29, 0.717) is 24.9 Å². The van der Waals surface area contributed by atoms with Crippen molar-refractivity contribution in [3.63, 3.8) is 0 Å². The Labute approximate surface area is 112 Å². The van der Waals surface area contributed by atoms with Crippen molar-refractivity contribution >= 4 is 11.8 Å². The first-order chi connectivity index (χ1) is 9.08. The highest BCUT2D eigenvalue weighted by atomic mass is 16.4. The Balaban J connectivity index is 3.02. The number of Topliss-reactive ketones (excluding diaryl/α,β-unsaturated/α-hetero) is 1. The Morgan fingerprint density at radius 3 is 2.37 bits per heavy atom. The third kappa shape index (κ3) is 3.39. The molecule has 0 amide bonds. The first kappa shape index (κ1) is 15.3. The fraction of sp³-hybridized carbons (Fsp3) is 0.429. The minimum atomic E-state index is -1.57. The topological polar surface area (TPSA) is 92.4 Å². The number of hydrogen-bond donors (Lipinski definition) is 3. The number of carbonyl (C=O) groups is 2. The molecule has 0 aliphatic rings. The number of nitrogens with one attached hydrogen (secondary N) is 1. The summed E-state index contributed by atoms with van der Waals surface area (Å²) in [6.07, 6.45) is 1.50. The van der Waals surface area contributed by atoms with Crippen molar-refractivity contribution in [3.8, 4) is 0 Å². The van der Waals surface area contributed by atoms with E-state index in [1.165, 1.54) is 7.05 Å². The molecule has 0 saturated carbocycles. The van der Waals surface area contributed by atoms with Crippen molar-refractivity contribution in [3.05, 3.63) is 35.9 Å². The zero-order valence-corrected chi connectivity index (χ0v) is 11.1. The molecule has 1 aromatic carbocycles. The number of likely N-dealkylation sites (N-methyl/N-ethyl adjacent to an activating group) is 1. The molecule has 19 heavy (non-hydrogen) atoms. The molecule has 1 rings (SSSR count). The van der Waals surface area contributed by atoms with Crippen LogP contribution in [0, 0.1) is 0 Å². The molecule has 0 saturated heterocycles. The third-order valence-corrected chi connectivity index (χ3v) is 3.22. The molecule has 104 valence electrons. The number of rotatable bonds is 8. The zero-order valence-electron chi connectivity index (χ0n) is 11.1. The fourth-order valence-electron chi connectivity index (χ4n) is 2.03. The lowest BCUT2D eigenvalue weighted by atomic mass is 9.84. The normalized spacial score (nSPS) is 13.8. The standard InChI is InChI=1S/C14H20N2O3/c1-16-14(13(18)19,9-5-6-10-15)12(17)11-7-3-2-4-8-11/h2-4,7-8,16H,5-6,9-10,15H2,1H3,(H,18,19)/t14-/m1/s1. The van der Waals surface area contributed by atoms with E-state index in [9.17, 15) is 14.7 Å². The number of aliphatic carboxylic acids is 1. The molecular formula is C14H20N2O3. The second-order valence-corrected chi connectivity index (χ2v) is 4.40. The van der Waals surface area contributed by atoms with Gasteiger partial charge < -0.3 is 10.8 Å². The molecule has 4 N–H and O–H groups in total. The number of hydrogen-bond acceptors (Lipinski definition) is 4. The number of carboxylic acid groups (broad SMARTS) is 1. The van der Waals surface area contributed by atoms with Crippen LogP contribution in [0.3, 0.4) is 0 Å². The lowest BCUT2D eigenvalue weighted by Crippen LogP contribution is -2.56. The molecular weight excluding hydrogens is 244 g/mol. The Kier molecular flexibility index (Phi) is 5.66. The minimum Gasteiger partial charge on any atom is -0.480 e. The molecule has 0 spiro atoms. The highest BCUT2D eigenvalue weighted by Gasteiger charge is 2.44. The SMILES string of the molecule is CN[C@@](CCCCN)(C(=O)O)C(=O)c1ccccc1. The van der Waals surface area contributed by atoms with Gasteiger partial charge in [-0.1, -0.05) is 30.3 Å². The second-order valence-electron chi connectivity index (χ2n) is 4.40. The molecule has 5 heteroatoms. The van der Waals surface area contributed by atoms with Crippen molar-refractivity contribution in [1.82, 2.24) is 5.32 Å². The lowest BCUT2D eigenvalue weighted by Gasteiger charge is -2.27. The van der Waals surface area contributed by atoms with Crippen LogP contribution in [0.5, 0.6) is 0 Å². The maximum atomic E-state index is 12.5. The van der Waals surface area contributed by atoms with E-state index in [1.807, 2.05) is 0 Å². The molecule has 5 nitrogen and oxygen atoms in total. The van der Waals surface area contributed by atoms with Gasteiger partial charge in [0.25, 0.3) is 0 Å². The summed E-state index contributed by atoms with van der Waals surface area (Å²) in [7, 11) is 1.50. The van der Waals surface area contributed by atoms with Gasteiger partial charge in [-0.3, -0.25) is 10.1 Å². The van der Waals surface area contributed by atoms with Crippen LogP contribution in [-0.2, 0) is 4.79 Å². The number of benzene rings is 1. The molecule has 0 aliphatic heterocycles. The molecule has 0 bridgehead atoms. The van der Waals surface area contributed by atoms with Gasteiger partial charge in [-0.25, -0.2) is 4.79 Å². The molecule has 0 radical (unpaired) electrons. The lowest BCUT2D eigenvalue weighted by molar-refractivity contribution is -0.142. The number of unbranched alkanes of at least 4 members (excludes halogenated alkanes) is 1. The summed E-state index contributed by atoms with van der Waals surface area (Å²) < 4.78 is 0. The average Bonchev–Trinajstić information content (AvgIpc) is 2.44. The Morgan fingerprint density at radius 2 is 1.89 bits per heavy atom. The van der Waals surface area contributed by atoms with Gasteiger partial charge in [0, 0.05) is 5.56 Å². The van der Waals surface area contributed by atoms with Crippen LogP contribution in [0.4, 0.5) is 0 Å². The first-order valence-electron chi connectivity index (χ1n) is 6.30. The first-order valence-corrected chi connectivity index (χ1v) is 6.30. The largest absolute Gasteiger partial charge is 0.480 e. The van der Waals surface area contributed by atoms with E-state index in [4.69, 9.17) is 5.73 Å². The van der Waals surface area contributed by atoms with E-state index in [0.717, 1.165) is 0 Å².